The molecule has 0 radical (unpaired) electrons. The van der Waals surface area contributed by atoms with E-state index in [1.165, 1.54) is 5.56 Å². The van der Waals surface area contributed by atoms with Crippen molar-refractivity contribution in [2.24, 2.45) is 10.4 Å². The third kappa shape index (κ3) is 7.80. The summed E-state index contributed by atoms with van der Waals surface area (Å²) in [6.07, 6.45) is 0.861. The summed E-state index contributed by atoms with van der Waals surface area (Å²) in [4.78, 5) is 16.4. The van der Waals surface area contributed by atoms with Crippen molar-refractivity contribution >= 4 is 35.8 Å². The van der Waals surface area contributed by atoms with Crippen molar-refractivity contribution in [3.05, 3.63) is 29.3 Å². The Hall–Kier alpha value is -1.51. The molecule has 0 aliphatic rings. The predicted octanol–water partition coefficient (Wildman–Crippen LogP) is 2.49. The highest BCUT2D eigenvalue weighted by atomic mass is 127. The minimum absolute atomic E-state index is 0. The smallest absolute Gasteiger partial charge is 0.227 e. The first-order chi connectivity index (χ1) is 11.8. The van der Waals surface area contributed by atoms with Crippen molar-refractivity contribution < 1.29 is 9.53 Å². The SMILES string of the molecule is CCNC(=NCC(C)(C)C(=O)NC)NCCc1ccc(C)c(OC)c1.I. The maximum atomic E-state index is 11.9. The lowest BCUT2D eigenvalue weighted by Gasteiger charge is -2.21. The standard InChI is InChI=1S/C19H32N4O2.HI/c1-7-21-18(23-13-19(3,4)17(24)20-5)22-11-10-15-9-8-14(2)16(12-15)25-6;/h8-9,12H,7,10-11,13H2,1-6H3,(H,20,24)(H2,21,22,23);1H. The van der Waals surface area contributed by atoms with Crippen LogP contribution >= 0.6 is 24.0 Å². The number of hydrogen-bond acceptors (Lipinski definition) is 3. The van der Waals surface area contributed by atoms with Gasteiger partial charge in [0.25, 0.3) is 0 Å². The van der Waals surface area contributed by atoms with Gasteiger partial charge in [-0.25, -0.2) is 0 Å². The number of nitrogens with one attached hydrogen (secondary N) is 3. The number of nitrogens with zero attached hydrogens (tertiary/aromatic N) is 1. The van der Waals surface area contributed by atoms with Gasteiger partial charge in [0, 0.05) is 20.1 Å². The molecule has 0 heterocycles. The van der Waals surface area contributed by atoms with Crippen LogP contribution in [0.3, 0.4) is 0 Å². The average Bonchev–Trinajstić information content (AvgIpc) is 2.60. The van der Waals surface area contributed by atoms with Gasteiger partial charge in [-0.15, -0.1) is 24.0 Å². The van der Waals surface area contributed by atoms with E-state index in [-0.39, 0.29) is 29.9 Å². The Balaban J connectivity index is 0.00000625. The molecule has 0 atom stereocenters. The van der Waals surface area contributed by atoms with E-state index in [0.717, 1.165) is 36.8 Å². The second kappa shape index (κ2) is 12.0. The lowest BCUT2D eigenvalue weighted by atomic mass is 9.93. The van der Waals surface area contributed by atoms with Crippen molar-refractivity contribution in [1.29, 1.82) is 0 Å². The van der Waals surface area contributed by atoms with E-state index in [1.54, 1.807) is 14.2 Å². The van der Waals surface area contributed by atoms with Crippen LogP contribution < -0.4 is 20.7 Å². The van der Waals surface area contributed by atoms with Crippen LogP contribution in [-0.4, -0.2) is 45.7 Å². The zero-order chi connectivity index (χ0) is 18.9. The molecule has 26 heavy (non-hydrogen) atoms. The number of rotatable bonds is 8. The highest BCUT2D eigenvalue weighted by molar-refractivity contribution is 14.0. The van der Waals surface area contributed by atoms with Gasteiger partial charge in [0.15, 0.2) is 5.96 Å². The zero-order valence-electron chi connectivity index (χ0n) is 16.7. The third-order valence-electron chi connectivity index (χ3n) is 4.00. The first-order valence-electron chi connectivity index (χ1n) is 8.72. The minimum atomic E-state index is -0.540. The lowest BCUT2D eigenvalue weighted by Crippen LogP contribution is -2.41. The van der Waals surface area contributed by atoms with E-state index in [1.807, 2.05) is 27.7 Å². The number of guanidine groups is 1. The van der Waals surface area contributed by atoms with Gasteiger partial charge in [-0.3, -0.25) is 9.79 Å². The van der Waals surface area contributed by atoms with E-state index >= 15 is 0 Å². The normalized spacial score (nSPS) is 11.4. The zero-order valence-corrected chi connectivity index (χ0v) is 19.1. The molecule has 0 aliphatic carbocycles. The van der Waals surface area contributed by atoms with Gasteiger partial charge >= 0.3 is 0 Å². The Kier molecular flexibility index (Phi) is 11.3. The number of benzene rings is 1. The van der Waals surface area contributed by atoms with Crippen LogP contribution in [0.5, 0.6) is 5.75 Å². The molecular weight excluding hydrogens is 443 g/mol. The van der Waals surface area contributed by atoms with Gasteiger partial charge in [-0.2, -0.15) is 0 Å². The molecule has 0 fully saturated rings. The second-order valence-corrected chi connectivity index (χ2v) is 6.64. The summed E-state index contributed by atoms with van der Waals surface area (Å²) in [6, 6.07) is 6.24. The quantitative estimate of drug-likeness (QED) is 0.306. The second-order valence-electron chi connectivity index (χ2n) is 6.64. The summed E-state index contributed by atoms with van der Waals surface area (Å²) in [5.41, 5.74) is 1.79. The highest BCUT2D eigenvalue weighted by Gasteiger charge is 2.26. The van der Waals surface area contributed by atoms with Crippen LogP contribution in [0.25, 0.3) is 0 Å². The molecule has 148 valence electrons. The fourth-order valence-corrected chi connectivity index (χ4v) is 2.37. The van der Waals surface area contributed by atoms with Crippen LogP contribution in [0.15, 0.2) is 23.2 Å². The van der Waals surface area contributed by atoms with Crippen LogP contribution in [0.1, 0.15) is 31.9 Å². The van der Waals surface area contributed by atoms with Gasteiger partial charge in [0.1, 0.15) is 5.75 Å². The Morgan fingerprint density at radius 3 is 2.54 bits per heavy atom. The van der Waals surface area contributed by atoms with Crippen LogP contribution in [0.2, 0.25) is 0 Å². The van der Waals surface area contributed by atoms with Crippen molar-refractivity contribution in [2.45, 2.75) is 34.1 Å². The van der Waals surface area contributed by atoms with Gasteiger partial charge in [-0.1, -0.05) is 12.1 Å². The molecule has 1 amide bonds. The molecular formula is C19H33IN4O2. The Morgan fingerprint density at radius 1 is 1.27 bits per heavy atom. The number of carbonyl (C=O) groups is 1. The summed E-state index contributed by atoms with van der Waals surface area (Å²) >= 11 is 0. The number of hydrogen-bond donors (Lipinski definition) is 3. The number of aryl methyl sites for hydroxylation is 1. The Labute approximate surface area is 174 Å². The number of aliphatic imine (C=N–C) groups is 1. The molecule has 0 aliphatic heterocycles. The molecule has 0 aromatic heterocycles. The molecule has 0 saturated carbocycles. The monoisotopic (exact) mass is 476 g/mol. The van der Waals surface area contributed by atoms with Crippen molar-refractivity contribution in [3.8, 4) is 5.75 Å². The maximum absolute atomic E-state index is 11.9. The molecule has 1 aromatic rings. The van der Waals surface area contributed by atoms with Crippen molar-refractivity contribution in [1.82, 2.24) is 16.0 Å². The van der Waals surface area contributed by atoms with E-state index in [9.17, 15) is 4.79 Å². The van der Waals surface area contributed by atoms with Crippen molar-refractivity contribution in [3.63, 3.8) is 0 Å². The maximum Gasteiger partial charge on any atom is 0.227 e. The largest absolute Gasteiger partial charge is 0.496 e. The molecule has 3 N–H and O–H groups in total. The van der Waals surface area contributed by atoms with E-state index in [2.05, 4.69) is 39.1 Å². The van der Waals surface area contributed by atoms with Crippen LogP contribution in [-0.2, 0) is 11.2 Å². The van der Waals surface area contributed by atoms with Crippen LogP contribution in [0.4, 0.5) is 0 Å². The molecule has 1 rings (SSSR count). The van der Waals surface area contributed by atoms with E-state index in [0.29, 0.717) is 6.54 Å². The predicted molar refractivity (Wildman–Crippen MR) is 119 cm³/mol. The minimum Gasteiger partial charge on any atom is -0.496 e. The fraction of sp³-hybridized carbons (Fsp3) is 0.579. The molecule has 0 bridgehead atoms. The molecule has 0 unspecified atom stereocenters. The average molecular weight is 476 g/mol. The van der Waals surface area contributed by atoms with Gasteiger partial charge in [-0.05, 0) is 51.3 Å². The summed E-state index contributed by atoms with van der Waals surface area (Å²) < 4.78 is 5.37. The first-order valence-corrected chi connectivity index (χ1v) is 8.72. The summed E-state index contributed by atoms with van der Waals surface area (Å²) in [7, 11) is 3.33. The number of halogens is 1. The van der Waals surface area contributed by atoms with Crippen LogP contribution in [0, 0.1) is 12.3 Å². The van der Waals surface area contributed by atoms with Crippen molar-refractivity contribution in [2.75, 3.05) is 33.8 Å². The lowest BCUT2D eigenvalue weighted by molar-refractivity contribution is -0.128. The first kappa shape index (κ1) is 24.5. The molecule has 0 saturated heterocycles. The molecule has 1 aromatic carbocycles. The van der Waals surface area contributed by atoms with E-state index in [4.69, 9.17) is 4.74 Å². The number of carbonyl (C=O) groups excluding carboxylic acids is 1. The highest BCUT2D eigenvalue weighted by Crippen LogP contribution is 2.19. The fourth-order valence-electron chi connectivity index (χ4n) is 2.37. The van der Waals surface area contributed by atoms with E-state index < -0.39 is 5.41 Å². The van der Waals surface area contributed by atoms with Gasteiger partial charge < -0.3 is 20.7 Å². The molecule has 0 spiro atoms. The summed E-state index contributed by atoms with van der Waals surface area (Å²) in [6.45, 7) is 9.76. The summed E-state index contributed by atoms with van der Waals surface area (Å²) in [5, 5.41) is 9.21. The molecule has 6 nitrogen and oxygen atoms in total. The number of ether oxygens (including phenoxy) is 1. The third-order valence-corrected chi connectivity index (χ3v) is 4.00. The Morgan fingerprint density at radius 2 is 1.96 bits per heavy atom. The number of methoxy groups -OCH3 is 1. The number of amides is 1. The summed E-state index contributed by atoms with van der Waals surface area (Å²) in [5.74, 6) is 1.61. The van der Waals surface area contributed by atoms with Gasteiger partial charge in [0.2, 0.25) is 5.91 Å². The molecule has 7 heteroatoms. The topological polar surface area (TPSA) is 74.8 Å². The Bertz CT molecular complexity index is 603. The van der Waals surface area contributed by atoms with Gasteiger partial charge in [0.05, 0.1) is 19.1 Å².